The number of amides is 1. The van der Waals surface area contributed by atoms with Gasteiger partial charge in [-0.3, -0.25) is 9.58 Å². The third-order valence-electron chi connectivity index (χ3n) is 4.83. The van der Waals surface area contributed by atoms with Crippen LogP contribution in [-0.2, 0) is 11.8 Å². The van der Waals surface area contributed by atoms with Crippen LogP contribution in [0.15, 0.2) is 18.3 Å². The number of carbonyl (C=O) groups excluding carboxylic acids is 1. The van der Waals surface area contributed by atoms with E-state index in [2.05, 4.69) is 15.9 Å². The van der Waals surface area contributed by atoms with Gasteiger partial charge in [0.1, 0.15) is 11.1 Å². The molecule has 1 aromatic carbocycles. The number of rotatable bonds is 4. The van der Waals surface area contributed by atoms with E-state index >= 15 is 0 Å². The maximum atomic E-state index is 12.6. The van der Waals surface area contributed by atoms with Crippen molar-refractivity contribution in [3.63, 3.8) is 0 Å². The first-order valence-electron chi connectivity index (χ1n) is 9.48. The van der Waals surface area contributed by atoms with E-state index in [0.29, 0.717) is 18.6 Å². The number of aromatic nitrogens is 2. The van der Waals surface area contributed by atoms with Crippen molar-refractivity contribution in [1.29, 1.82) is 0 Å². The molecular formula is C21H26N4O4. The van der Waals surface area contributed by atoms with Gasteiger partial charge in [-0.15, -0.1) is 6.42 Å². The highest BCUT2D eigenvalue weighted by Gasteiger charge is 2.34. The molecule has 0 radical (unpaired) electrons. The largest absolute Gasteiger partial charge is 0.478 e. The number of terminal acetylenes is 1. The number of hydrogen-bond acceptors (Lipinski definition) is 5. The lowest BCUT2D eigenvalue weighted by Crippen LogP contribution is -2.45. The number of carbonyl (C=O) groups is 2. The van der Waals surface area contributed by atoms with Gasteiger partial charge in [0.25, 0.3) is 0 Å². The average Bonchev–Trinajstić information content (AvgIpc) is 3.22. The number of ether oxygens (including phenoxy) is 1. The van der Waals surface area contributed by atoms with Crippen LogP contribution >= 0.6 is 0 Å². The second-order valence-electron chi connectivity index (χ2n) is 8.20. The van der Waals surface area contributed by atoms with Crippen LogP contribution in [0.3, 0.4) is 0 Å². The number of aryl methyl sites for hydroxylation is 1. The Hall–Kier alpha value is -3.21. The van der Waals surface area contributed by atoms with Gasteiger partial charge in [-0.1, -0.05) is 5.92 Å². The van der Waals surface area contributed by atoms with Crippen LogP contribution in [0.2, 0.25) is 0 Å². The third-order valence-corrected chi connectivity index (χ3v) is 4.83. The normalized spacial score (nSPS) is 16.7. The molecule has 2 aromatic rings. The fraction of sp³-hybridized carbons (Fsp3) is 0.476. The van der Waals surface area contributed by atoms with Crippen LogP contribution in [0, 0.1) is 12.3 Å². The predicted molar refractivity (Wildman–Crippen MR) is 110 cm³/mol. The monoisotopic (exact) mass is 398 g/mol. The fourth-order valence-electron chi connectivity index (χ4n) is 3.63. The maximum Gasteiger partial charge on any atom is 0.411 e. The summed E-state index contributed by atoms with van der Waals surface area (Å²) in [5.74, 6) is 1.54. The van der Waals surface area contributed by atoms with Crippen LogP contribution in [0.1, 0.15) is 37.6 Å². The molecule has 154 valence electrons. The number of fused-ring (bicyclic) bond motifs is 1. The molecule has 1 aliphatic rings. The molecule has 0 spiro atoms. The molecule has 1 fully saturated rings. The topological polar surface area (TPSA) is 87.9 Å². The van der Waals surface area contributed by atoms with E-state index in [0.717, 1.165) is 17.5 Å². The highest BCUT2D eigenvalue weighted by molar-refractivity contribution is 6.06. The first-order chi connectivity index (χ1) is 13.6. The number of nitrogens with zero attached hydrogens (tertiary/aromatic N) is 4. The molecule has 1 atom stereocenters. The highest BCUT2D eigenvalue weighted by atomic mass is 16.6. The molecular weight excluding hydrogens is 372 g/mol. The van der Waals surface area contributed by atoms with Crippen molar-refractivity contribution in [2.24, 2.45) is 7.05 Å². The Morgan fingerprint density at radius 1 is 1.41 bits per heavy atom. The van der Waals surface area contributed by atoms with Gasteiger partial charge in [0.2, 0.25) is 0 Å². The summed E-state index contributed by atoms with van der Waals surface area (Å²) in [4.78, 5) is 27.9. The van der Waals surface area contributed by atoms with Gasteiger partial charge in [0.05, 0.1) is 18.2 Å². The van der Waals surface area contributed by atoms with E-state index in [1.54, 1.807) is 28.8 Å². The molecule has 29 heavy (non-hydrogen) atoms. The van der Waals surface area contributed by atoms with E-state index in [4.69, 9.17) is 11.2 Å². The molecule has 0 aliphatic carbocycles. The summed E-state index contributed by atoms with van der Waals surface area (Å²) in [6.45, 7) is 6.94. The first-order valence-corrected chi connectivity index (χ1v) is 9.48. The summed E-state index contributed by atoms with van der Waals surface area (Å²) >= 11 is 0. The standard InChI is InChI=1S/C21H26N4O4/c1-6-10-25(20(28)29-21(2,3)4)14-9-11-24(12-14)17-8-7-15(19(26)27)18-16(17)13-23(5)22-18/h1,7-8,13-14H,9-12H2,2-5H3,(H,26,27)/t14-/m0/s1. The summed E-state index contributed by atoms with van der Waals surface area (Å²) < 4.78 is 7.13. The number of carboxylic acids is 1. The highest BCUT2D eigenvalue weighted by Crippen LogP contribution is 2.32. The zero-order valence-electron chi connectivity index (χ0n) is 17.2. The summed E-state index contributed by atoms with van der Waals surface area (Å²) in [5, 5.41) is 14.5. The van der Waals surface area contributed by atoms with Crippen molar-refractivity contribution in [2.45, 2.75) is 38.8 Å². The van der Waals surface area contributed by atoms with Crippen LogP contribution in [0.25, 0.3) is 10.9 Å². The number of hydrogen-bond donors (Lipinski definition) is 1. The summed E-state index contributed by atoms with van der Waals surface area (Å²) in [6, 6.07) is 3.29. The lowest BCUT2D eigenvalue weighted by atomic mass is 10.1. The number of benzene rings is 1. The molecule has 1 aliphatic heterocycles. The summed E-state index contributed by atoms with van der Waals surface area (Å²) in [6.07, 6.45) is 7.62. The maximum absolute atomic E-state index is 12.6. The van der Waals surface area contributed by atoms with Gasteiger partial charge >= 0.3 is 12.1 Å². The van der Waals surface area contributed by atoms with Crippen LogP contribution in [-0.4, -0.2) is 63.1 Å². The van der Waals surface area contributed by atoms with Gasteiger partial charge in [0.15, 0.2) is 0 Å². The van der Waals surface area contributed by atoms with Gasteiger partial charge in [-0.05, 0) is 39.3 Å². The van der Waals surface area contributed by atoms with E-state index < -0.39 is 17.7 Å². The second kappa shape index (κ2) is 7.66. The lowest BCUT2D eigenvalue weighted by Gasteiger charge is -2.30. The molecule has 1 saturated heterocycles. The average molecular weight is 398 g/mol. The van der Waals surface area contributed by atoms with Gasteiger partial charge in [0, 0.05) is 37.4 Å². The van der Waals surface area contributed by atoms with Crippen molar-refractivity contribution < 1.29 is 19.4 Å². The third kappa shape index (κ3) is 4.29. The molecule has 0 saturated carbocycles. The van der Waals surface area contributed by atoms with Crippen molar-refractivity contribution in [3.8, 4) is 12.3 Å². The fourth-order valence-corrected chi connectivity index (χ4v) is 3.63. The van der Waals surface area contributed by atoms with Gasteiger partial charge in [-0.2, -0.15) is 5.10 Å². The minimum atomic E-state index is -1.01. The molecule has 8 heteroatoms. The van der Waals surface area contributed by atoms with Gasteiger partial charge < -0.3 is 14.7 Å². The van der Waals surface area contributed by atoms with E-state index in [1.807, 2.05) is 27.0 Å². The smallest absolute Gasteiger partial charge is 0.411 e. The van der Waals surface area contributed by atoms with E-state index in [1.165, 1.54) is 0 Å². The minimum Gasteiger partial charge on any atom is -0.478 e. The first kappa shape index (κ1) is 20.5. The second-order valence-corrected chi connectivity index (χ2v) is 8.20. The van der Waals surface area contributed by atoms with Crippen molar-refractivity contribution >= 4 is 28.7 Å². The Labute approximate surface area is 170 Å². The quantitative estimate of drug-likeness (QED) is 0.797. The Kier molecular flexibility index (Phi) is 5.42. The predicted octanol–water partition coefficient (Wildman–Crippen LogP) is 2.72. The lowest BCUT2D eigenvalue weighted by molar-refractivity contribution is 0.0209. The molecule has 2 heterocycles. The van der Waals surface area contributed by atoms with Crippen LogP contribution < -0.4 is 4.90 Å². The van der Waals surface area contributed by atoms with Crippen LogP contribution in [0.5, 0.6) is 0 Å². The molecule has 0 bridgehead atoms. The Balaban J connectivity index is 1.87. The summed E-state index contributed by atoms with van der Waals surface area (Å²) in [5.41, 5.74) is 0.915. The van der Waals surface area contributed by atoms with Crippen molar-refractivity contribution in [1.82, 2.24) is 14.7 Å². The van der Waals surface area contributed by atoms with E-state index in [9.17, 15) is 14.7 Å². The number of carboxylic acid groups (broad SMARTS) is 1. The zero-order chi connectivity index (χ0) is 21.3. The molecule has 1 amide bonds. The molecule has 3 rings (SSSR count). The Morgan fingerprint density at radius 3 is 2.76 bits per heavy atom. The van der Waals surface area contributed by atoms with Crippen molar-refractivity contribution in [3.05, 3.63) is 23.9 Å². The van der Waals surface area contributed by atoms with Crippen molar-refractivity contribution in [2.75, 3.05) is 24.5 Å². The molecule has 8 nitrogen and oxygen atoms in total. The number of anilines is 1. The molecule has 1 aromatic heterocycles. The Bertz CT molecular complexity index is 983. The molecule has 1 N–H and O–H groups in total. The molecule has 0 unspecified atom stereocenters. The zero-order valence-corrected chi connectivity index (χ0v) is 17.2. The summed E-state index contributed by atoms with van der Waals surface area (Å²) in [7, 11) is 1.76. The van der Waals surface area contributed by atoms with Crippen LogP contribution in [0.4, 0.5) is 10.5 Å². The Morgan fingerprint density at radius 2 is 2.14 bits per heavy atom. The number of aromatic carboxylic acids is 1. The SMILES string of the molecule is C#CCN(C(=O)OC(C)(C)C)[C@H]1CCN(c2ccc(C(=O)O)c3nn(C)cc23)C1. The minimum absolute atomic E-state index is 0.0910. The van der Waals surface area contributed by atoms with E-state index in [-0.39, 0.29) is 18.2 Å². The van der Waals surface area contributed by atoms with Gasteiger partial charge in [-0.25, -0.2) is 9.59 Å².